The zero-order valence-electron chi connectivity index (χ0n) is 17.1. The van der Waals surface area contributed by atoms with Gasteiger partial charge in [-0.2, -0.15) is 0 Å². The number of para-hydroxylation sites is 1. The number of hydrogen-bond acceptors (Lipinski definition) is 5. The summed E-state index contributed by atoms with van der Waals surface area (Å²) in [5.41, 5.74) is 9.31. The van der Waals surface area contributed by atoms with E-state index in [0.29, 0.717) is 25.2 Å². The van der Waals surface area contributed by atoms with Crippen LogP contribution >= 0.6 is 0 Å². The lowest BCUT2D eigenvalue weighted by Crippen LogP contribution is -2.40. The predicted octanol–water partition coefficient (Wildman–Crippen LogP) is 3.00. The van der Waals surface area contributed by atoms with E-state index in [-0.39, 0.29) is 18.5 Å². The first-order chi connectivity index (χ1) is 14.5. The molecule has 2 amide bonds. The fourth-order valence-corrected chi connectivity index (χ4v) is 3.69. The van der Waals surface area contributed by atoms with Crippen LogP contribution in [0.3, 0.4) is 0 Å². The molecule has 3 heterocycles. The van der Waals surface area contributed by atoms with Crippen molar-refractivity contribution in [3.63, 3.8) is 0 Å². The second-order valence-electron chi connectivity index (χ2n) is 7.43. The van der Waals surface area contributed by atoms with E-state index >= 15 is 0 Å². The molecule has 4 rings (SSSR count). The van der Waals surface area contributed by atoms with Gasteiger partial charge in [0, 0.05) is 36.7 Å². The van der Waals surface area contributed by atoms with E-state index in [1.165, 1.54) is 11.0 Å². The van der Waals surface area contributed by atoms with Gasteiger partial charge < -0.3 is 15.1 Å². The van der Waals surface area contributed by atoms with Crippen molar-refractivity contribution >= 4 is 34.7 Å². The molecule has 0 unspecified atom stereocenters. The Bertz CT molecular complexity index is 1150. The van der Waals surface area contributed by atoms with Gasteiger partial charge in [-0.3, -0.25) is 14.5 Å². The summed E-state index contributed by atoms with van der Waals surface area (Å²) in [4.78, 5) is 32.0. The van der Waals surface area contributed by atoms with Crippen molar-refractivity contribution in [3.05, 3.63) is 65.1 Å². The number of amides is 2. The summed E-state index contributed by atoms with van der Waals surface area (Å²) in [5.74, 6) is 1.24. The number of aryl methyl sites for hydroxylation is 2. The second-order valence-corrected chi connectivity index (χ2v) is 7.43. The Morgan fingerprint density at radius 1 is 1.33 bits per heavy atom. The molecule has 0 aliphatic carbocycles. The quantitative estimate of drug-likeness (QED) is 0.660. The smallest absolute Gasteiger partial charge is 0.246 e. The van der Waals surface area contributed by atoms with Crippen molar-refractivity contribution in [1.29, 1.82) is 0 Å². The molecule has 1 aromatic carbocycles. The van der Waals surface area contributed by atoms with Gasteiger partial charge in [0.25, 0.3) is 0 Å². The Morgan fingerprint density at radius 2 is 2.13 bits per heavy atom. The van der Waals surface area contributed by atoms with Crippen LogP contribution in [0.4, 0.5) is 5.82 Å². The standard InChI is InChI=1S/C23H24N4O3/c1-15-18-5-3-4-6-19(18)30-20(15)13-26(2)21(28)9-7-16-11-17-8-10-22(29)27(14-24)23(17)25-12-16/h3-7,9,11-12H,8,10,13-14,24H2,1-2H3. The lowest BCUT2D eigenvalue weighted by atomic mass is 10.0. The minimum atomic E-state index is -0.133. The van der Waals surface area contributed by atoms with E-state index in [1.54, 1.807) is 24.2 Å². The van der Waals surface area contributed by atoms with Gasteiger partial charge in [0.2, 0.25) is 11.8 Å². The molecule has 0 saturated carbocycles. The van der Waals surface area contributed by atoms with E-state index in [4.69, 9.17) is 10.2 Å². The van der Waals surface area contributed by atoms with E-state index in [1.807, 2.05) is 37.3 Å². The Kier molecular flexibility index (Phi) is 5.37. The minimum Gasteiger partial charge on any atom is -0.459 e. The highest BCUT2D eigenvalue weighted by Crippen LogP contribution is 2.27. The van der Waals surface area contributed by atoms with Gasteiger partial charge in [0.15, 0.2) is 0 Å². The lowest BCUT2D eigenvalue weighted by Gasteiger charge is -2.26. The highest BCUT2D eigenvalue weighted by molar-refractivity contribution is 5.95. The van der Waals surface area contributed by atoms with E-state index in [0.717, 1.165) is 33.4 Å². The van der Waals surface area contributed by atoms with Crippen molar-refractivity contribution in [2.75, 3.05) is 18.6 Å². The second kappa shape index (κ2) is 8.12. The molecule has 154 valence electrons. The average molecular weight is 404 g/mol. The number of nitrogens with zero attached hydrogens (tertiary/aromatic N) is 3. The minimum absolute atomic E-state index is 0.0153. The molecule has 0 saturated heterocycles. The largest absolute Gasteiger partial charge is 0.459 e. The van der Waals surface area contributed by atoms with Crippen LogP contribution in [0, 0.1) is 6.92 Å². The average Bonchev–Trinajstić information content (AvgIpc) is 3.07. The van der Waals surface area contributed by atoms with Crippen LogP contribution in [0.5, 0.6) is 0 Å². The van der Waals surface area contributed by atoms with Crippen molar-refractivity contribution in [2.45, 2.75) is 26.3 Å². The first-order valence-corrected chi connectivity index (χ1v) is 9.87. The van der Waals surface area contributed by atoms with Gasteiger partial charge in [-0.25, -0.2) is 4.98 Å². The van der Waals surface area contributed by atoms with E-state index in [2.05, 4.69) is 4.98 Å². The van der Waals surface area contributed by atoms with Crippen molar-refractivity contribution in [1.82, 2.24) is 9.88 Å². The number of aromatic nitrogens is 1. The number of fused-ring (bicyclic) bond motifs is 2. The third-order valence-corrected chi connectivity index (χ3v) is 5.43. The first-order valence-electron chi connectivity index (χ1n) is 9.87. The third kappa shape index (κ3) is 3.71. The summed E-state index contributed by atoms with van der Waals surface area (Å²) in [5, 5.41) is 1.06. The number of likely N-dealkylation sites (N-methyl/N-ethyl adjacent to an activating group) is 1. The molecular formula is C23H24N4O3. The highest BCUT2D eigenvalue weighted by Gasteiger charge is 2.24. The van der Waals surface area contributed by atoms with Gasteiger partial charge >= 0.3 is 0 Å². The number of pyridine rings is 1. The van der Waals surface area contributed by atoms with Gasteiger partial charge in [-0.1, -0.05) is 18.2 Å². The Hall–Kier alpha value is -3.45. The number of anilines is 1. The molecule has 0 bridgehead atoms. The van der Waals surface area contributed by atoms with Crippen LogP contribution < -0.4 is 10.6 Å². The topological polar surface area (TPSA) is 92.7 Å². The maximum atomic E-state index is 12.6. The van der Waals surface area contributed by atoms with Crippen LogP contribution in [0.1, 0.15) is 28.9 Å². The predicted molar refractivity (Wildman–Crippen MR) is 116 cm³/mol. The molecular weight excluding hydrogens is 380 g/mol. The molecule has 3 aromatic rings. The highest BCUT2D eigenvalue weighted by atomic mass is 16.3. The Labute approximate surface area is 174 Å². The summed E-state index contributed by atoms with van der Waals surface area (Å²) < 4.78 is 5.90. The van der Waals surface area contributed by atoms with Crippen LogP contribution in [0.15, 0.2) is 47.0 Å². The maximum Gasteiger partial charge on any atom is 0.246 e. The summed E-state index contributed by atoms with van der Waals surface area (Å²) in [6.07, 6.45) is 5.94. The molecule has 2 aromatic heterocycles. The molecule has 7 heteroatoms. The summed E-state index contributed by atoms with van der Waals surface area (Å²) in [6.45, 7) is 2.50. The van der Waals surface area contributed by atoms with Gasteiger partial charge in [-0.15, -0.1) is 0 Å². The van der Waals surface area contributed by atoms with E-state index < -0.39 is 0 Å². The van der Waals surface area contributed by atoms with Gasteiger partial charge in [-0.05, 0) is 42.7 Å². The Balaban J connectivity index is 1.46. The van der Waals surface area contributed by atoms with Crippen LogP contribution in [-0.2, 0) is 22.6 Å². The van der Waals surface area contributed by atoms with Crippen LogP contribution in [0.25, 0.3) is 17.0 Å². The zero-order valence-corrected chi connectivity index (χ0v) is 17.1. The van der Waals surface area contributed by atoms with Crippen molar-refractivity contribution < 1.29 is 14.0 Å². The number of nitrogens with two attached hydrogens (primary N) is 1. The zero-order chi connectivity index (χ0) is 21.3. The number of benzene rings is 1. The summed E-state index contributed by atoms with van der Waals surface area (Å²) >= 11 is 0. The van der Waals surface area contributed by atoms with Crippen LogP contribution in [-0.4, -0.2) is 35.4 Å². The number of hydrogen-bond donors (Lipinski definition) is 1. The molecule has 0 fully saturated rings. The molecule has 2 N–H and O–H groups in total. The number of furan rings is 1. The maximum absolute atomic E-state index is 12.6. The Morgan fingerprint density at radius 3 is 2.90 bits per heavy atom. The number of rotatable bonds is 5. The molecule has 30 heavy (non-hydrogen) atoms. The molecule has 0 radical (unpaired) electrons. The molecule has 7 nitrogen and oxygen atoms in total. The monoisotopic (exact) mass is 404 g/mol. The normalized spacial score (nSPS) is 13.8. The molecule has 1 aliphatic heterocycles. The summed E-state index contributed by atoms with van der Waals surface area (Å²) in [7, 11) is 1.75. The fourth-order valence-electron chi connectivity index (χ4n) is 3.69. The van der Waals surface area contributed by atoms with E-state index in [9.17, 15) is 9.59 Å². The summed E-state index contributed by atoms with van der Waals surface area (Å²) in [6, 6.07) is 9.80. The number of carbonyl (C=O) groups excluding carboxylic acids is 2. The molecule has 1 aliphatic rings. The van der Waals surface area contributed by atoms with Gasteiger partial charge in [0.1, 0.15) is 17.2 Å². The SMILES string of the molecule is Cc1c(CN(C)C(=O)C=Cc2cnc3c(c2)CCC(=O)N3CN)oc2ccccc12. The molecule has 0 atom stereocenters. The van der Waals surface area contributed by atoms with Gasteiger partial charge in [0.05, 0.1) is 13.2 Å². The molecule has 0 spiro atoms. The van der Waals surface area contributed by atoms with Crippen molar-refractivity contribution in [2.24, 2.45) is 5.73 Å². The third-order valence-electron chi connectivity index (χ3n) is 5.43. The lowest BCUT2D eigenvalue weighted by molar-refractivity contribution is -0.125. The van der Waals surface area contributed by atoms with Crippen LogP contribution in [0.2, 0.25) is 0 Å². The van der Waals surface area contributed by atoms with Crippen molar-refractivity contribution in [3.8, 4) is 0 Å². The fraction of sp³-hybridized carbons (Fsp3) is 0.261. The number of carbonyl (C=O) groups is 2. The first kappa shape index (κ1) is 19.8.